The van der Waals surface area contributed by atoms with Crippen molar-refractivity contribution in [3.8, 4) is 17.2 Å². The summed E-state index contributed by atoms with van der Waals surface area (Å²) >= 11 is 0. The van der Waals surface area contributed by atoms with E-state index in [-0.39, 0.29) is 18.3 Å². The van der Waals surface area contributed by atoms with E-state index in [0.717, 1.165) is 6.42 Å². The molecule has 0 fully saturated rings. The lowest BCUT2D eigenvalue weighted by atomic mass is 10.1. The lowest BCUT2D eigenvalue weighted by Gasteiger charge is -2.20. The van der Waals surface area contributed by atoms with E-state index in [1.807, 2.05) is 0 Å². The van der Waals surface area contributed by atoms with Gasteiger partial charge in [-0.3, -0.25) is 9.59 Å². The Morgan fingerprint density at radius 2 is 2.09 bits per heavy atom. The van der Waals surface area contributed by atoms with E-state index in [9.17, 15) is 9.59 Å². The summed E-state index contributed by atoms with van der Waals surface area (Å²) in [5.74, 6) is 1.67. The van der Waals surface area contributed by atoms with Crippen LogP contribution >= 0.6 is 0 Å². The van der Waals surface area contributed by atoms with Crippen molar-refractivity contribution in [1.29, 1.82) is 0 Å². The number of anilines is 1. The van der Waals surface area contributed by atoms with Gasteiger partial charge in [-0.1, -0.05) is 13.8 Å². The molecule has 3 aromatic rings. The lowest BCUT2D eigenvalue weighted by molar-refractivity contribution is -0.120. The van der Waals surface area contributed by atoms with Gasteiger partial charge in [0, 0.05) is 26.0 Å². The molecule has 1 aromatic carbocycles. The number of H-pyrrole nitrogens is 1. The van der Waals surface area contributed by atoms with Crippen LogP contribution in [0.25, 0.3) is 11.5 Å². The molecule has 2 amide bonds. The van der Waals surface area contributed by atoms with Crippen molar-refractivity contribution in [3.63, 3.8) is 0 Å². The second-order valence-corrected chi connectivity index (χ2v) is 8.10. The number of nitrogens with one attached hydrogen (secondary N) is 2. The maximum Gasteiger partial charge on any atom is 0.289 e. The molecule has 4 rings (SSSR count). The number of rotatable bonds is 6. The van der Waals surface area contributed by atoms with Crippen molar-refractivity contribution >= 4 is 17.5 Å². The molecule has 2 N–H and O–H groups in total. The van der Waals surface area contributed by atoms with Crippen molar-refractivity contribution in [1.82, 2.24) is 30.7 Å². The molecule has 11 nitrogen and oxygen atoms in total. The molecule has 0 spiro atoms. The number of hydrogen-bond donors (Lipinski definition) is 2. The van der Waals surface area contributed by atoms with E-state index in [4.69, 9.17) is 9.15 Å². The van der Waals surface area contributed by atoms with Gasteiger partial charge in [0.1, 0.15) is 24.2 Å². The van der Waals surface area contributed by atoms with Crippen molar-refractivity contribution in [2.75, 3.05) is 18.6 Å². The predicted molar refractivity (Wildman–Crippen MR) is 114 cm³/mol. The zero-order chi connectivity index (χ0) is 22.8. The first kappa shape index (κ1) is 21.5. The number of aromatic amines is 1. The number of aromatic nitrogens is 5. The first-order valence-corrected chi connectivity index (χ1v) is 10.4. The highest BCUT2D eigenvalue weighted by Crippen LogP contribution is 2.34. The van der Waals surface area contributed by atoms with Crippen LogP contribution in [0, 0.1) is 12.8 Å². The first-order valence-electron chi connectivity index (χ1n) is 10.4. The largest absolute Gasteiger partial charge is 0.489 e. The maximum atomic E-state index is 13.0. The van der Waals surface area contributed by atoms with Crippen LogP contribution in [-0.4, -0.2) is 56.9 Å². The Balaban J connectivity index is 1.48. The fourth-order valence-corrected chi connectivity index (χ4v) is 3.31. The minimum Gasteiger partial charge on any atom is -0.489 e. The minimum absolute atomic E-state index is 0.0186. The fraction of sp³-hybridized carbons (Fsp3) is 0.429. The third-order valence-corrected chi connectivity index (χ3v) is 5.14. The molecule has 1 atom stereocenters. The Bertz CT molecular complexity index is 1140. The predicted octanol–water partition coefficient (Wildman–Crippen LogP) is 1.91. The van der Waals surface area contributed by atoms with Gasteiger partial charge in [-0.2, -0.15) is 0 Å². The van der Waals surface area contributed by atoms with Gasteiger partial charge in [-0.05, 0) is 30.5 Å². The van der Waals surface area contributed by atoms with Crippen molar-refractivity contribution in [3.05, 3.63) is 35.7 Å². The second kappa shape index (κ2) is 8.77. The average Bonchev–Trinajstić information content (AvgIpc) is 3.41. The topological polar surface area (TPSA) is 139 Å². The molecule has 1 aliphatic heterocycles. The summed E-state index contributed by atoms with van der Waals surface area (Å²) in [6.45, 7) is 5.91. The van der Waals surface area contributed by atoms with E-state index in [1.54, 1.807) is 32.2 Å². The van der Waals surface area contributed by atoms with Gasteiger partial charge in [0.05, 0.1) is 5.69 Å². The van der Waals surface area contributed by atoms with Gasteiger partial charge in [0.2, 0.25) is 17.6 Å². The smallest absolute Gasteiger partial charge is 0.289 e. The van der Waals surface area contributed by atoms with Crippen molar-refractivity contribution in [2.45, 2.75) is 39.7 Å². The molecule has 32 heavy (non-hydrogen) atoms. The summed E-state index contributed by atoms with van der Waals surface area (Å²) in [5, 5.41) is 18.5. The highest BCUT2D eigenvalue weighted by Gasteiger charge is 2.32. The molecule has 1 unspecified atom stereocenters. The maximum absolute atomic E-state index is 13.0. The standard InChI is InChI=1S/C21H25N7O4/c1-11(2)5-8-17-23-18(26-25-17)19(29)22-14-10-31-16-7-6-13(20-27-24-12(3)32-20)9-15(16)28(4)21(14)30/h6-7,9,11,14H,5,8,10H2,1-4H3,(H,22,29)(H,23,25,26). The van der Waals surface area contributed by atoms with Gasteiger partial charge in [-0.15, -0.1) is 20.4 Å². The monoisotopic (exact) mass is 439 g/mol. The SMILES string of the molecule is Cc1nnc(-c2ccc3c(c2)N(C)C(=O)C(NC(=O)c2nnc(CCC(C)C)[nH]2)CO3)o1. The number of amides is 2. The molecule has 2 aromatic heterocycles. The zero-order valence-electron chi connectivity index (χ0n) is 18.4. The summed E-state index contributed by atoms with van der Waals surface area (Å²) in [7, 11) is 1.62. The van der Waals surface area contributed by atoms with Crippen molar-refractivity contribution < 1.29 is 18.7 Å². The normalized spacial score (nSPS) is 16.0. The summed E-state index contributed by atoms with van der Waals surface area (Å²) in [6, 6.07) is 4.35. The highest BCUT2D eigenvalue weighted by atomic mass is 16.5. The molecule has 11 heteroatoms. The van der Waals surface area contributed by atoms with E-state index in [1.165, 1.54) is 4.90 Å². The van der Waals surface area contributed by atoms with Crippen LogP contribution in [0.15, 0.2) is 22.6 Å². The zero-order valence-corrected chi connectivity index (χ0v) is 18.4. The van der Waals surface area contributed by atoms with Crippen LogP contribution in [0.4, 0.5) is 5.69 Å². The van der Waals surface area contributed by atoms with Crippen LogP contribution in [0.1, 0.15) is 42.6 Å². The fourth-order valence-electron chi connectivity index (χ4n) is 3.31. The van der Waals surface area contributed by atoms with Crippen molar-refractivity contribution in [2.24, 2.45) is 5.92 Å². The number of ether oxygens (including phenoxy) is 1. The molecule has 0 bridgehead atoms. The Kier molecular flexibility index (Phi) is 5.89. The molecule has 0 saturated heterocycles. The van der Waals surface area contributed by atoms with Crippen LogP contribution in [0.2, 0.25) is 0 Å². The Morgan fingerprint density at radius 1 is 1.28 bits per heavy atom. The number of benzene rings is 1. The number of hydrogen-bond acceptors (Lipinski definition) is 8. The van der Waals surface area contributed by atoms with E-state index in [0.29, 0.717) is 46.9 Å². The molecule has 1 aliphatic rings. The van der Waals surface area contributed by atoms with E-state index in [2.05, 4.69) is 44.5 Å². The number of aryl methyl sites for hydroxylation is 2. The second-order valence-electron chi connectivity index (χ2n) is 8.10. The summed E-state index contributed by atoms with van der Waals surface area (Å²) in [5.41, 5.74) is 1.20. The first-order chi connectivity index (χ1) is 15.3. The lowest BCUT2D eigenvalue weighted by Crippen LogP contribution is -2.49. The number of carbonyl (C=O) groups excluding carboxylic acids is 2. The quantitative estimate of drug-likeness (QED) is 0.594. The summed E-state index contributed by atoms with van der Waals surface area (Å²) < 4.78 is 11.3. The molecule has 0 radical (unpaired) electrons. The Hall–Kier alpha value is -3.76. The Morgan fingerprint density at radius 3 is 2.81 bits per heavy atom. The number of likely N-dealkylation sites (N-methyl/N-ethyl adjacent to an activating group) is 1. The van der Waals surface area contributed by atoms with Gasteiger partial charge >= 0.3 is 0 Å². The average molecular weight is 439 g/mol. The summed E-state index contributed by atoms with van der Waals surface area (Å²) in [6.07, 6.45) is 1.63. The van der Waals surface area contributed by atoms with Crippen LogP contribution < -0.4 is 15.0 Å². The molecular weight excluding hydrogens is 414 g/mol. The highest BCUT2D eigenvalue weighted by molar-refractivity contribution is 6.02. The molecule has 0 saturated carbocycles. The number of nitrogens with zero attached hydrogens (tertiary/aromatic N) is 5. The summed E-state index contributed by atoms with van der Waals surface area (Å²) in [4.78, 5) is 30.0. The molecule has 168 valence electrons. The molecule has 0 aliphatic carbocycles. The minimum atomic E-state index is -0.891. The van der Waals surface area contributed by atoms with Gasteiger partial charge in [-0.25, -0.2) is 0 Å². The number of carbonyl (C=O) groups is 2. The molecule has 3 heterocycles. The third kappa shape index (κ3) is 4.46. The van der Waals surface area contributed by atoms with Crippen LogP contribution in [0.5, 0.6) is 5.75 Å². The Labute approximate surface area is 184 Å². The van der Waals surface area contributed by atoms with Gasteiger partial charge < -0.3 is 24.4 Å². The van der Waals surface area contributed by atoms with Gasteiger partial charge in [0.15, 0.2) is 0 Å². The van der Waals surface area contributed by atoms with Crippen LogP contribution in [-0.2, 0) is 11.2 Å². The van der Waals surface area contributed by atoms with E-state index >= 15 is 0 Å². The number of fused-ring (bicyclic) bond motifs is 1. The third-order valence-electron chi connectivity index (χ3n) is 5.14. The van der Waals surface area contributed by atoms with Crippen LogP contribution in [0.3, 0.4) is 0 Å². The molecular formula is C21H25N7O4. The van der Waals surface area contributed by atoms with Gasteiger partial charge in [0.25, 0.3) is 11.8 Å². The van der Waals surface area contributed by atoms with E-state index < -0.39 is 11.9 Å².